The van der Waals surface area contributed by atoms with E-state index in [0.29, 0.717) is 24.3 Å². The Labute approximate surface area is 301 Å². The molecule has 4 aromatic heterocycles. The SMILES string of the molecule is CC(C)(C)NC(=O)N1Cc2cn(S(=O)(=O)c3cn(CC(F)F)cn3)nc2C1.O=C([O-])C(F)(F)F.O=S(=O)(c1cn(CC(F)F)cn1)n1cc2c(n1)C[NH2+]C2. The fourth-order valence-electron chi connectivity index (χ4n) is 4.70. The number of aliphatic carboxylic acids is 1. The summed E-state index contributed by atoms with van der Waals surface area (Å²) in [6.07, 6.45) is -3.38. The van der Waals surface area contributed by atoms with Crippen molar-refractivity contribution < 1.29 is 67.6 Å². The van der Waals surface area contributed by atoms with E-state index in [4.69, 9.17) is 9.90 Å². The van der Waals surface area contributed by atoms with Gasteiger partial charge in [0.25, 0.3) is 12.9 Å². The molecule has 0 saturated heterocycles. The lowest BCUT2D eigenvalue weighted by atomic mass is 10.1. The van der Waals surface area contributed by atoms with Crippen molar-refractivity contribution in [1.29, 1.82) is 0 Å². The van der Waals surface area contributed by atoms with E-state index in [1.165, 1.54) is 17.3 Å². The molecular weight excluding hydrogens is 787 g/mol. The van der Waals surface area contributed by atoms with Crippen LogP contribution in [0.15, 0.2) is 47.5 Å². The lowest BCUT2D eigenvalue weighted by Gasteiger charge is -2.25. The number of carboxylic acid groups (broad SMARTS) is 1. The molecule has 0 aromatic carbocycles. The van der Waals surface area contributed by atoms with Gasteiger partial charge in [-0.05, 0) is 20.8 Å². The Morgan fingerprint density at radius 2 is 1.26 bits per heavy atom. The summed E-state index contributed by atoms with van der Waals surface area (Å²) in [5, 5.41) is 21.0. The van der Waals surface area contributed by atoms with E-state index < -0.39 is 63.7 Å². The number of nitrogens with one attached hydrogen (secondary N) is 1. The van der Waals surface area contributed by atoms with Gasteiger partial charge >= 0.3 is 32.3 Å². The summed E-state index contributed by atoms with van der Waals surface area (Å²) in [6, 6.07) is -0.263. The second kappa shape index (κ2) is 15.7. The molecule has 0 radical (unpaired) electrons. The van der Waals surface area contributed by atoms with Crippen LogP contribution < -0.4 is 15.7 Å². The second-order valence-corrected chi connectivity index (χ2v) is 16.1. The lowest BCUT2D eigenvalue weighted by molar-refractivity contribution is -0.676. The van der Waals surface area contributed by atoms with Crippen molar-refractivity contribution in [1.82, 2.24) is 47.7 Å². The van der Waals surface area contributed by atoms with Crippen molar-refractivity contribution in [3.63, 3.8) is 0 Å². The number of aromatic nitrogens is 8. The molecule has 0 atom stereocenters. The van der Waals surface area contributed by atoms with Crippen molar-refractivity contribution in [2.75, 3.05) is 0 Å². The number of carboxylic acids is 1. The van der Waals surface area contributed by atoms with E-state index in [9.17, 15) is 52.4 Å². The Morgan fingerprint density at radius 1 is 0.796 bits per heavy atom. The highest BCUT2D eigenvalue weighted by molar-refractivity contribution is 7.90. The average Bonchev–Trinajstić information content (AvgIpc) is 3.84. The molecule has 27 heteroatoms. The number of urea groups is 1. The number of amides is 2. The summed E-state index contributed by atoms with van der Waals surface area (Å²) in [7, 11) is -8.01. The first-order valence-electron chi connectivity index (χ1n) is 15.3. The van der Waals surface area contributed by atoms with Crippen LogP contribution in [0.5, 0.6) is 0 Å². The van der Waals surface area contributed by atoms with Crippen molar-refractivity contribution in [2.45, 2.75) is 94.7 Å². The van der Waals surface area contributed by atoms with Crippen LogP contribution in [0.3, 0.4) is 0 Å². The molecule has 0 unspecified atom stereocenters. The molecule has 0 aliphatic carbocycles. The maximum atomic E-state index is 12.6. The highest BCUT2D eigenvalue weighted by Crippen LogP contribution is 2.24. The zero-order chi connectivity index (χ0) is 40.4. The van der Waals surface area contributed by atoms with Crippen LogP contribution in [0, 0.1) is 0 Å². The van der Waals surface area contributed by atoms with Crippen LogP contribution in [0.4, 0.5) is 35.5 Å². The highest BCUT2D eigenvalue weighted by Gasteiger charge is 2.32. The number of imidazole rings is 2. The molecule has 0 bridgehead atoms. The van der Waals surface area contributed by atoms with E-state index >= 15 is 0 Å². The number of halogens is 7. The van der Waals surface area contributed by atoms with Gasteiger partial charge in [-0.2, -0.15) is 48.4 Å². The van der Waals surface area contributed by atoms with Gasteiger partial charge in [0.2, 0.25) is 0 Å². The third kappa shape index (κ3) is 10.3. The molecule has 4 aromatic rings. The van der Waals surface area contributed by atoms with Crippen molar-refractivity contribution in [3.8, 4) is 0 Å². The zero-order valence-electron chi connectivity index (χ0n) is 28.3. The molecule has 2 amide bonds. The maximum absolute atomic E-state index is 12.6. The van der Waals surface area contributed by atoms with Crippen LogP contribution in [-0.2, 0) is 64.1 Å². The molecule has 2 aliphatic rings. The number of nitrogens with zero attached hydrogens (tertiary/aromatic N) is 9. The van der Waals surface area contributed by atoms with Gasteiger partial charge in [-0.25, -0.2) is 32.3 Å². The number of alkyl halides is 7. The minimum Gasteiger partial charge on any atom is -0.542 e. The normalized spacial score (nSPS) is 14.3. The molecular formula is C27H32F7N11O7S2. The predicted molar refractivity (Wildman–Crippen MR) is 164 cm³/mol. The number of nitrogens with two attached hydrogens (primary N) is 1. The van der Waals surface area contributed by atoms with Crippen LogP contribution in [0.1, 0.15) is 43.3 Å². The molecule has 0 fully saturated rings. The first-order chi connectivity index (χ1) is 24.9. The largest absolute Gasteiger partial charge is 0.542 e. The molecule has 54 heavy (non-hydrogen) atoms. The lowest BCUT2D eigenvalue weighted by Crippen LogP contribution is -2.77. The Bertz CT molecular complexity index is 2140. The van der Waals surface area contributed by atoms with Gasteiger partial charge < -0.3 is 34.6 Å². The van der Waals surface area contributed by atoms with E-state index in [1.54, 1.807) is 0 Å². The number of rotatable bonds is 8. The number of carbonyl (C=O) groups excluding carboxylic acids is 2. The van der Waals surface area contributed by atoms with Crippen molar-refractivity contribution in [3.05, 3.63) is 60.0 Å². The van der Waals surface area contributed by atoms with Gasteiger partial charge in [0.05, 0.1) is 56.3 Å². The van der Waals surface area contributed by atoms with Gasteiger partial charge in [-0.3, -0.25) is 0 Å². The fourth-order valence-corrected chi connectivity index (χ4v) is 6.92. The van der Waals surface area contributed by atoms with Crippen LogP contribution in [0.2, 0.25) is 0 Å². The fraction of sp³-hybridized carbons (Fsp3) is 0.481. The standard InChI is InChI=1S/C15H20F2N6O3S.C10H11F2N5O2S.C2HF3O2/c1-15(2,3)19-14(24)22-4-10-5-23(20-11(10)6-22)27(25,26)13-8-21(9-18-13)7-12(16)17;11-9(12)4-16-5-10(14-6-16)20(18,19)17-3-7-1-13-2-8(7)15-17;3-2(4,5)1(6)7/h5,8-9,12H,4,6-7H2,1-3H3,(H,19,24);3,5-6,9,13H,1-2,4H2;(H,6,7). The Balaban J connectivity index is 0.000000211. The Kier molecular flexibility index (Phi) is 12.2. The van der Waals surface area contributed by atoms with Crippen molar-refractivity contribution in [2.24, 2.45) is 0 Å². The van der Waals surface area contributed by atoms with Gasteiger partial charge in [0.15, 0.2) is 10.1 Å². The molecule has 0 spiro atoms. The number of hydrogen-bond acceptors (Lipinski definition) is 11. The molecule has 18 nitrogen and oxygen atoms in total. The first-order valence-corrected chi connectivity index (χ1v) is 18.2. The van der Waals surface area contributed by atoms with E-state index in [2.05, 4.69) is 25.5 Å². The average molecular weight is 820 g/mol. The summed E-state index contributed by atoms with van der Waals surface area (Å²) >= 11 is 0. The van der Waals surface area contributed by atoms with Crippen molar-refractivity contribution >= 4 is 32.0 Å². The quantitative estimate of drug-likeness (QED) is 0.223. The van der Waals surface area contributed by atoms with Gasteiger partial charge in [-0.1, -0.05) is 0 Å². The summed E-state index contributed by atoms with van der Waals surface area (Å²) < 4.78 is 134. The van der Waals surface area contributed by atoms with Crippen LogP contribution in [-0.4, -0.2) is 95.8 Å². The zero-order valence-corrected chi connectivity index (χ0v) is 29.9. The minimum atomic E-state index is -5.19. The number of carbonyl (C=O) groups is 2. The third-order valence-corrected chi connectivity index (χ3v) is 9.89. The Hall–Kier alpha value is -5.05. The summed E-state index contributed by atoms with van der Waals surface area (Å²) in [5.41, 5.74) is 2.27. The summed E-state index contributed by atoms with van der Waals surface area (Å²) in [6.45, 7) is 6.08. The van der Waals surface area contributed by atoms with E-state index in [1.807, 2.05) is 26.1 Å². The topological polar surface area (TPSA) is 229 Å². The maximum Gasteiger partial charge on any atom is 0.430 e. The monoisotopic (exact) mass is 819 g/mol. The summed E-state index contributed by atoms with van der Waals surface area (Å²) in [4.78, 5) is 29.9. The van der Waals surface area contributed by atoms with E-state index in [0.717, 1.165) is 53.6 Å². The molecule has 298 valence electrons. The molecule has 3 N–H and O–H groups in total. The minimum absolute atomic E-state index is 0.180. The first kappa shape index (κ1) is 41.7. The smallest absolute Gasteiger partial charge is 0.430 e. The van der Waals surface area contributed by atoms with Gasteiger partial charge in [0, 0.05) is 29.7 Å². The Morgan fingerprint density at radius 3 is 1.67 bits per heavy atom. The predicted octanol–water partition coefficient (Wildman–Crippen LogP) is -0.137. The molecule has 6 rings (SSSR count). The van der Waals surface area contributed by atoms with Gasteiger partial charge in [-0.15, -0.1) is 0 Å². The molecule has 6 heterocycles. The molecule has 0 saturated carbocycles. The third-order valence-electron chi connectivity index (χ3n) is 7.05. The van der Waals surface area contributed by atoms with E-state index in [-0.39, 0.29) is 29.2 Å². The molecule has 2 aliphatic heterocycles. The summed E-state index contributed by atoms with van der Waals surface area (Å²) in [5.74, 6) is -3.01. The van der Waals surface area contributed by atoms with Crippen LogP contribution in [0.25, 0.3) is 0 Å². The van der Waals surface area contributed by atoms with Gasteiger partial charge in [0.1, 0.15) is 24.8 Å². The number of hydrogen-bond donors (Lipinski definition) is 2. The number of quaternary nitrogens is 1. The second-order valence-electron chi connectivity index (χ2n) is 12.6. The highest BCUT2D eigenvalue weighted by atomic mass is 32.2. The number of fused-ring (bicyclic) bond motifs is 2. The van der Waals surface area contributed by atoms with Crippen LogP contribution >= 0.6 is 0 Å².